The molecule has 108 valence electrons. The number of aromatic amines is 1. The molecule has 2 aromatic rings. The number of H-pyrrole nitrogens is 1. The molecule has 0 radical (unpaired) electrons. The lowest BCUT2D eigenvalue weighted by molar-refractivity contribution is 0.313. The van der Waals surface area contributed by atoms with Gasteiger partial charge in [0, 0.05) is 34.2 Å². The van der Waals surface area contributed by atoms with Gasteiger partial charge in [-0.3, -0.25) is 4.79 Å². The highest BCUT2D eigenvalue weighted by atomic mass is 79.9. The molecule has 1 heterocycles. The summed E-state index contributed by atoms with van der Waals surface area (Å²) in [5.41, 5.74) is 2.01. The molecule has 0 amide bonds. The van der Waals surface area contributed by atoms with Crippen LogP contribution in [0.1, 0.15) is 24.6 Å². The molecule has 2 rings (SSSR count). The number of hydrogen-bond acceptors (Lipinski definition) is 4. The van der Waals surface area contributed by atoms with Crippen LogP contribution in [-0.4, -0.2) is 11.6 Å². The van der Waals surface area contributed by atoms with E-state index in [-0.39, 0.29) is 4.87 Å². The zero-order valence-electron chi connectivity index (χ0n) is 11.2. The molecule has 0 saturated carbocycles. The van der Waals surface area contributed by atoms with Crippen molar-refractivity contribution in [2.45, 2.75) is 26.4 Å². The molecule has 0 bridgehead atoms. The highest BCUT2D eigenvalue weighted by Gasteiger charge is 2.05. The average molecular weight is 357 g/mol. The molecule has 0 unspecified atom stereocenters. The van der Waals surface area contributed by atoms with Crippen molar-refractivity contribution >= 4 is 27.3 Å². The molecule has 0 aliphatic heterocycles. The van der Waals surface area contributed by atoms with Gasteiger partial charge in [-0.05, 0) is 24.6 Å². The van der Waals surface area contributed by atoms with Gasteiger partial charge in [-0.15, -0.1) is 0 Å². The van der Waals surface area contributed by atoms with Gasteiger partial charge in [0.1, 0.15) is 5.75 Å². The number of aromatic nitrogens is 1. The van der Waals surface area contributed by atoms with Crippen LogP contribution in [0.15, 0.2) is 32.8 Å². The highest BCUT2D eigenvalue weighted by Crippen LogP contribution is 2.23. The summed E-state index contributed by atoms with van der Waals surface area (Å²) in [5.74, 6) is 0.904. The fourth-order valence-electron chi connectivity index (χ4n) is 1.77. The molecule has 1 aromatic heterocycles. The number of hydrogen-bond donors (Lipinski definition) is 2. The molecular formula is C14H17BrN2O2S. The SMILES string of the molecule is CCCOc1ccc(Br)cc1CNCc1csc(=O)[nH]1. The Morgan fingerprint density at radius 1 is 1.40 bits per heavy atom. The second-order valence-electron chi connectivity index (χ2n) is 4.38. The molecule has 0 fully saturated rings. The smallest absolute Gasteiger partial charge is 0.304 e. The van der Waals surface area contributed by atoms with Crippen LogP contribution >= 0.6 is 27.3 Å². The third-order valence-electron chi connectivity index (χ3n) is 2.69. The van der Waals surface area contributed by atoms with Crippen LogP contribution in [0.3, 0.4) is 0 Å². The van der Waals surface area contributed by atoms with Crippen LogP contribution < -0.4 is 14.9 Å². The number of rotatable bonds is 7. The predicted molar refractivity (Wildman–Crippen MR) is 85.4 cm³/mol. The number of benzene rings is 1. The van der Waals surface area contributed by atoms with Gasteiger partial charge in [-0.2, -0.15) is 0 Å². The number of ether oxygens (including phenoxy) is 1. The van der Waals surface area contributed by atoms with Crippen molar-refractivity contribution in [3.63, 3.8) is 0 Å². The molecule has 0 aliphatic carbocycles. The fraction of sp³-hybridized carbons (Fsp3) is 0.357. The highest BCUT2D eigenvalue weighted by molar-refractivity contribution is 9.10. The summed E-state index contributed by atoms with van der Waals surface area (Å²) < 4.78 is 6.76. The minimum Gasteiger partial charge on any atom is -0.493 e. The van der Waals surface area contributed by atoms with E-state index in [1.54, 1.807) is 0 Å². The summed E-state index contributed by atoms with van der Waals surface area (Å²) >= 11 is 4.66. The Morgan fingerprint density at radius 3 is 2.95 bits per heavy atom. The summed E-state index contributed by atoms with van der Waals surface area (Å²) in [6.45, 7) is 4.13. The summed E-state index contributed by atoms with van der Waals surface area (Å²) in [4.78, 5) is 13.8. The summed E-state index contributed by atoms with van der Waals surface area (Å²) in [6, 6.07) is 6.00. The van der Waals surface area contributed by atoms with Crippen molar-refractivity contribution in [3.8, 4) is 5.75 Å². The fourth-order valence-corrected chi connectivity index (χ4v) is 2.76. The Labute approximate surface area is 130 Å². The van der Waals surface area contributed by atoms with E-state index in [1.807, 2.05) is 23.6 Å². The van der Waals surface area contributed by atoms with E-state index in [1.165, 1.54) is 11.3 Å². The molecular weight excluding hydrogens is 340 g/mol. The lowest BCUT2D eigenvalue weighted by Crippen LogP contribution is -2.14. The number of thiazole rings is 1. The maximum Gasteiger partial charge on any atom is 0.304 e. The molecule has 0 aliphatic rings. The summed E-state index contributed by atoms with van der Waals surface area (Å²) in [6.07, 6.45) is 0.985. The predicted octanol–water partition coefficient (Wildman–Crippen LogP) is 3.28. The van der Waals surface area contributed by atoms with E-state index in [2.05, 4.69) is 33.2 Å². The molecule has 20 heavy (non-hydrogen) atoms. The quantitative estimate of drug-likeness (QED) is 0.800. The Kier molecular flexibility index (Phi) is 5.82. The van der Waals surface area contributed by atoms with Gasteiger partial charge in [0.15, 0.2) is 0 Å². The van der Waals surface area contributed by atoms with E-state index in [0.717, 1.165) is 27.9 Å². The average Bonchev–Trinajstić information content (AvgIpc) is 2.84. The number of nitrogens with one attached hydrogen (secondary N) is 2. The van der Waals surface area contributed by atoms with E-state index in [9.17, 15) is 4.79 Å². The monoisotopic (exact) mass is 356 g/mol. The van der Waals surface area contributed by atoms with Crippen molar-refractivity contribution in [1.29, 1.82) is 0 Å². The molecule has 0 atom stereocenters. The second-order valence-corrected chi connectivity index (χ2v) is 6.14. The molecule has 4 nitrogen and oxygen atoms in total. The van der Waals surface area contributed by atoms with Gasteiger partial charge in [0.05, 0.1) is 6.61 Å². The molecule has 0 saturated heterocycles. The normalized spacial score (nSPS) is 10.7. The van der Waals surface area contributed by atoms with Gasteiger partial charge in [-0.1, -0.05) is 34.2 Å². The second kappa shape index (κ2) is 7.61. The zero-order valence-corrected chi connectivity index (χ0v) is 13.6. The van der Waals surface area contributed by atoms with E-state index in [4.69, 9.17) is 4.74 Å². The number of halogens is 1. The molecule has 2 N–H and O–H groups in total. The maximum absolute atomic E-state index is 11.0. The van der Waals surface area contributed by atoms with Crippen molar-refractivity contribution < 1.29 is 4.74 Å². The third-order valence-corrected chi connectivity index (χ3v) is 3.90. The van der Waals surface area contributed by atoms with Crippen LogP contribution in [0.5, 0.6) is 5.75 Å². The van der Waals surface area contributed by atoms with Gasteiger partial charge in [-0.25, -0.2) is 0 Å². The Balaban J connectivity index is 1.96. The third kappa shape index (κ3) is 4.47. The van der Waals surface area contributed by atoms with Gasteiger partial charge >= 0.3 is 4.87 Å². The standard InChI is InChI=1S/C14H17BrN2O2S/c1-2-5-19-13-4-3-11(15)6-10(13)7-16-8-12-9-20-14(18)17-12/h3-4,6,9,16H,2,5,7-8H2,1H3,(H,17,18). The van der Waals surface area contributed by atoms with Crippen LogP contribution in [-0.2, 0) is 13.1 Å². The summed E-state index contributed by atoms with van der Waals surface area (Å²) in [7, 11) is 0. The minimum absolute atomic E-state index is 0.0174. The topological polar surface area (TPSA) is 54.1 Å². The first-order chi connectivity index (χ1) is 9.69. The first-order valence-corrected chi connectivity index (χ1v) is 8.15. The van der Waals surface area contributed by atoms with Crippen molar-refractivity contribution in [1.82, 2.24) is 10.3 Å². The van der Waals surface area contributed by atoms with E-state index >= 15 is 0 Å². The van der Waals surface area contributed by atoms with Gasteiger partial charge in [0.2, 0.25) is 0 Å². The van der Waals surface area contributed by atoms with E-state index in [0.29, 0.717) is 19.7 Å². The lowest BCUT2D eigenvalue weighted by Gasteiger charge is -2.12. The van der Waals surface area contributed by atoms with Gasteiger partial charge < -0.3 is 15.0 Å². The zero-order chi connectivity index (χ0) is 14.4. The first kappa shape index (κ1) is 15.3. The molecule has 1 aromatic carbocycles. The Hall–Kier alpha value is -1.11. The van der Waals surface area contributed by atoms with Crippen molar-refractivity contribution in [2.24, 2.45) is 0 Å². The minimum atomic E-state index is -0.0174. The van der Waals surface area contributed by atoms with Gasteiger partial charge in [0.25, 0.3) is 0 Å². The molecule has 6 heteroatoms. The van der Waals surface area contributed by atoms with Crippen molar-refractivity contribution in [3.05, 3.63) is 49.0 Å². The molecule has 0 spiro atoms. The first-order valence-electron chi connectivity index (χ1n) is 6.47. The maximum atomic E-state index is 11.0. The van der Waals surface area contributed by atoms with Crippen LogP contribution in [0.2, 0.25) is 0 Å². The summed E-state index contributed by atoms with van der Waals surface area (Å²) in [5, 5.41) is 5.15. The van der Waals surface area contributed by atoms with Crippen LogP contribution in [0.25, 0.3) is 0 Å². The van der Waals surface area contributed by atoms with Crippen molar-refractivity contribution in [2.75, 3.05) is 6.61 Å². The Bertz CT molecular complexity index is 609. The van der Waals surface area contributed by atoms with Crippen LogP contribution in [0.4, 0.5) is 0 Å². The Morgan fingerprint density at radius 2 is 2.25 bits per heavy atom. The largest absolute Gasteiger partial charge is 0.493 e. The van der Waals surface area contributed by atoms with E-state index < -0.39 is 0 Å². The van der Waals surface area contributed by atoms with Crippen LogP contribution in [0, 0.1) is 0 Å². The lowest BCUT2D eigenvalue weighted by atomic mass is 10.2.